The summed E-state index contributed by atoms with van der Waals surface area (Å²) in [6.45, 7) is 4.43. The van der Waals surface area contributed by atoms with Crippen molar-refractivity contribution in [3.8, 4) is 0 Å². The molecule has 3 heteroatoms. The molecular weight excluding hydrogens is 272 g/mol. The molecule has 2 heterocycles. The van der Waals surface area contributed by atoms with E-state index < -0.39 is 0 Å². The average molecular weight is 292 g/mol. The maximum absolute atomic E-state index is 13.2. The van der Waals surface area contributed by atoms with Crippen LogP contribution in [0.3, 0.4) is 0 Å². The van der Waals surface area contributed by atoms with E-state index in [2.05, 4.69) is 36.5 Å². The normalized spacial score (nSPS) is 23.3. The number of aryl methyl sites for hydroxylation is 1. The van der Waals surface area contributed by atoms with E-state index in [-0.39, 0.29) is 11.3 Å². The minimum absolute atomic E-state index is 0.252. The molecule has 0 bridgehead atoms. The number of nitrogens with one attached hydrogen (secondary N) is 1. The zero-order chi connectivity index (χ0) is 15.2. The summed E-state index contributed by atoms with van der Waals surface area (Å²) >= 11 is 0. The largest absolute Gasteiger partial charge is 0.315 e. The molecule has 2 aromatic rings. The monoisotopic (exact) mass is 292 g/mol. The highest BCUT2D eigenvalue weighted by molar-refractivity contribution is 6.08. The van der Waals surface area contributed by atoms with Crippen molar-refractivity contribution < 1.29 is 4.79 Å². The molecule has 1 saturated heterocycles. The third-order valence-electron chi connectivity index (χ3n) is 5.11. The van der Waals surface area contributed by atoms with E-state index in [9.17, 15) is 4.79 Å². The SMILES string of the molecule is Cc1ccccc1CN1C(=O)C2(CCNC2)c2ccccc21. The van der Waals surface area contributed by atoms with E-state index in [0.29, 0.717) is 6.54 Å². The van der Waals surface area contributed by atoms with Crippen molar-refractivity contribution >= 4 is 11.6 Å². The second kappa shape index (κ2) is 4.96. The Bertz CT molecular complexity index is 732. The molecule has 1 unspecified atom stereocenters. The average Bonchev–Trinajstić information content (AvgIpc) is 3.11. The molecule has 4 rings (SSSR count). The lowest BCUT2D eigenvalue weighted by Gasteiger charge is -2.23. The van der Waals surface area contributed by atoms with Gasteiger partial charge in [0.15, 0.2) is 0 Å². The maximum atomic E-state index is 13.2. The van der Waals surface area contributed by atoms with Crippen molar-refractivity contribution in [2.75, 3.05) is 18.0 Å². The Labute approximate surface area is 131 Å². The van der Waals surface area contributed by atoms with E-state index in [4.69, 9.17) is 0 Å². The topological polar surface area (TPSA) is 32.3 Å². The van der Waals surface area contributed by atoms with Crippen LogP contribution >= 0.6 is 0 Å². The summed E-state index contributed by atoms with van der Waals surface area (Å²) < 4.78 is 0. The molecule has 0 radical (unpaired) electrons. The maximum Gasteiger partial charge on any atom is 0.239 e. The first kappa shape index (κ1) is 13.5. The number of rotatable bonds is 2. The molecule has 0 saturated carbocycles. The molecular formula is C19H20N2O. The third-order valence-corrected chi connectivity index (χ3v) is 5.11. The van der Waals surface area contributed by atoms with Crippen LogP contribution in [0.5, 0.6) is 0 Å². The standard InChI is InChI=1S/C19H20N2O/c1-14-6-2-3-7-15(14)12-21-17-9-5-4-8-16(17)19(18(21)22)10-11-20-13-19/h2-9,20H,10-13H2,1H3. The van der Waals surface area contributed by atoms with Crippen LogP contribution in [-0.2, 0) is 16.8 Å². The highest BCUT2D eigenvalue weighted by Crippen LogP contribution is 2.45. The fourth-order valence-corrected chi connectivity index (χ4v) is 3.82. The summed E-state index contributed by atoms with van der Waals surface area (Å²) in [5, 5.41) is 3.37. The molecule has 1 fully saturated rings. The number of hydrogen-bond acceptors (Lipinski definition) is 2. The number of amides is 1. The summed E-state index contributed by atoms with van der Waals surface area (Å²) in [7, 11) is 0. The number of benzene rings is 2. The Morgan fingerprint density at radius 3 is 2.68 bits per heavy atom. The predicted molar refractivity (Wildman–Crippen MR) is 88.0 cm³/mol. The second-order valence-corrected chi connectivity index (χ2v) is 6.34. The van der Waals surface area contributed by atoms with Gasteiger partial charge in [-0.2, -0.15) is 0 Å². The molecule has 1 spiro atoms. The molecule has 0 aromatic heterocycles. The van der Waals surface area contributed by atoms with Gasteiger partial charge in [0.2, 0.25) is 5.91 Å². The van der Waals surface area contributed by atoms with Crippen molar-refractivity contribution in [3.63, 3.8) is 0 Å². The van der Waals surface area contributed by atoms with Crippen molar-refractivity contribution in [2.45, 2.75) is 25.3 Å². The summed E-state index contributed by atoms with van der Waals surface area (Å²) in [5.74, 6) is 0.252. The molecule has 112 valence electrons. The molecule has 2 aromatic carbocycles. The van der Waals surface area contributed by atoms with Crippen LogP contribution in [0.4, 0.5) is 5.69 Å². The molecule has 2 aliphatic heterocycles. The number of nitrogens with zero attached hydrogens (tertiary/aromatic N) is 1. The highest BCUT2D eigenvalue weighted by Gasteiger charge is 2.52. The van der Waals surface area contributed by atoms with Crippen molar-refractivity contribution in [3.05, 3.63) is 65.2 Å². The Morgan fingerprint density at radius 2 is 1.91 bits per heavy atom. The minimum atomic E-state index is -0.348. The van der Waals surface area contributed by atoms with Crippen molar-refractivity contribution in [1.82, 2.24) is 5.32 Å². The lowest BCUT2D eigenvalue weighted by Crippen LogP contribution is -2.41. The van der Waals surface area contributed by atoms with Crippen LogP contribution in [0, 0.1) is 6.92 Å². The van der Waals surface area contributed by atoms with E-state index in [0.717, 1.165) is 25.2 Å². The zero-order valence-corrected chi connectivity index (χ0v) is 12.8. The number of carbonyl (C=O) groups is 1. The lowest BCUT2D eigenvalue weighted by molar-refractivity contribution is -0.122. The van der Waals surface area contributed by atoms with Crippen molar-refractivity contribution in [1.29, 1.82) is 0 Å². The van der Waals surface area contributed by atoms with Gasteiger partial charge in [-0.15, -0.1) is 0 Å². The van der Waals surface area contributed by atoms with Gasteiger partial charge in [-0.1, -0.05) is 42.5 Å². The van der Waals surface area contributed by atoms with Crippen LogP contribution in [-0.4, -0.2) is 19.0 Å². The molecule has 1 atom stereocenters. The number of carbonyl (C=O) groups excluding carboxylic acids is 1. The van der Waals surface area contributed by atoms with Gasteiger partial charge in [0.25, 0.3) is 0 Å². The zero-order valence-electron chi connectivity index (χ0n) is 12.8. The van der Waals surface area contributed by atoms with E-state index in [1.165, 1.54) is 16.7 Å². The first-order valence-corrected chi connectivity index (χ1v) is 7.89. The van der Waals surface area contributed by atoms with Gasteiger partial charge in [0.1, 0.15) is 0 Å². The smallest absolute Gasteiger partial charge is 0.239 e. The Hall–Kier alpha value is -2.13. The fourth-order valence-electron chi connectivity index (χ4n) is 3.82. The molecule has 1 N–H and O–H groups in total. The quantitative estimate of drug-likeness (QED) is 0.923. The number of fused-ring (bicyclic) bond motifs is 2. The Morgan fingerprint density at radius 1 is 1.14 bits per heavy atom. The highest BCUT2D eigenvalue weighted by atomic mass is 16.2. The van der Waals surface area contributed by atoms with Gasteiger partial charge < -0.3 is 10.2 Å². The first-order valence-electron chi connectivity index (χ1n) is 7.89. The molecule has 2 aliphatic rings. The fraction of sp³-hybridized carbons (Fsp3) is 0.316. The van der Waals surface area contributed by atoms with E-state index in [1.807, 2.05) is 29.2 Å². The van der Waals surface area contributed by atoms with Gasteiger partial charge in [-0.05, 0) is 42.6 Å². The van der Waals surface area contributed by atoms with Crippen LogP contribution < -0.4 is 10.2 Å². The minimum Gasteiger partial charge on any atom is -0.315 e. The van der Waals surface area contributed by atoms with Crippen LogP contribution in [0.2, 0.25) is 0 Å². The summed E-state index contributed by atoms with van der Waals surface area (Å²) in [6.07, 6.45) is 0.896. The van der Waals surface area contributed by atoms with E-state index in [1.54, 1.807) is 0 Å². The summed E-state index contributed by atoms with van der Waals surface area (Å²) in [4.78, 5) is 15.2. The second-order valence-electron chi connectivity index (χ2n) is 6.34. The number of hydrogen-bond donors (Lipinski definition) is 1. The molecule has 3 nitrogen and oxygen atoms in total. The van der Waals surface area contributed by atoms with Gasteiger partial charge in [-0.25, -0.2) is 0 Å². The van der Waals surface area contributed by atoms with Crippen LogP contribution in [0.15, 0.2) is 48.5 Å². The molecule has 0 aliphatic carbocycles. The number of anilines is 1. The van der Waals surface area contributed by atoms with Gasteiger partial charge in [0, 0.05) is 12.2 Å². The molecule has 22 heavy (non-hydrogen) atoms. The predicted octanol–water partition coefficient (Wildman–Crippen LogP) is 2.77. The summed E-state index contributed by atoms with van der Waals surface area (Å²) in [6, 6.07) is 16.6. The lowest BCUT2D eigenvalue weighted by atomic mass is 9.81. The Balaban J connectivity index is 1.78. The number of para-hydroxylation sites is 1. The first-order chi connectivity index (χ1) is 10.7. The van der Waals surface area contributed by atoms with Crippen LogP contribution in [0.1, 0.15) is 23.1 Å². The van der Waals surface area contributed by atoms with Crippen molar-refractivity contribution in [2.24, 2.45) is 0 Å². The van der Waals surface area contributed by atoms with E-state index >= 15 is 0 Å². The molecule has 1 amide bonds. The van der Waals surface area contributed by atoms with Gasteiger partial charge in [-0.3, -0.25) is 4.79 Å². The van der Waals surface area contributed by atoms with Gasteiger partial charge >= 0.3 is 0 Å². The summed E-state index contributed by atoms with van der Waals surface area (Å²) in [5.41, 5.74) is 4.38. The van der Waals surface area contributed by atoms with Gasteiger partial charge in [0.05, 0.1) is 12.0 Å². The Kier molecular flexibility index (Phi) is 3.05. The third kappa shape index (κ3) is 1.82. The van der Waals surface area contributed by atoms with Crippen LogP contribution in [0.25, 0.3) is 0 Å².